The quantitative estimate of drug-likeness (QED) is 0.809. The van der Waals surface area contributed by atoms with E-state index in [0.717, 1.165) is 13.1 Å². The number of halogens is 1. The Kier molecular flexibility index (Phi) is 8.06. The molecule has 2 unspecified atom stereocenters. The Morgan fingerprint density at radius 2 is 2.22 bits per heavy atom. The molecule has 128 valence electrons. The molecule has 2 atom stereocenters. The normalized spacial score (nSPS) is 18.4. The first-order valence-corrected chi connectivity index (χ1v) is 7.79. The fourth-order valence-electron chi connectivity index (χ4n) is 2.88. The van der Waals surface area contributed by atoms with Crippen LogP contribution in [0.2, 0.25) is 0 Å². The summed E-state index contributed by atoms with van der Waals surface area (Å²) in [7, 11) is 1.34. The van der Waals surface area contributed by atoms with Crippen LogP contribution in [0.4, 0.5) is 5.69 Å². The van der Waals surface area contributed by atoms with E-state index in [1.807, 2.05) is 0 Å². The minimum absolute atomic E-state index is 0. The second-order valence-corrected chi connectivity index (χ2v) is 5.91. The zero-order valence-electron chi connectivity index (χ0n) is 13.6. The number of amides is 1. The molecule has 0 spiro atoms. The van der Waals surface area contributed by atoms with E-state index in [2.05, 4.69) is 22.3 Å². The van der Waals surface area contributed by atoms with E-state index in [1.165, 1.54) is 20.0 Å². The number of esters is 1. The SMILES string of the molecule is COC(=O)c1cccc(NC(=O)CC(C)C2CCCNC2)c1.Cl. The summed E-state index contributed by atoms with van der Waals surface area (Å²) in [5, 5.41) is 6.25. The van der Waals surface area contributed by atoms with Gasteiger partial charge < -0.3 is 15.4 Å². The first-order chi connectivity index (χ1) is 10.6. The molecule has 1 aliphatic heterocycles. The molecule has 5 nitrogen and oxygen atoms in total. The molecule has 0 aliphatic carbocycles. The number of carbonyl (C=O) groups is 2. The number of methoxy groups -OCH3 is 1. The van der Waals surface area contributed by atoms with Crippen LogP contribution in [-0.2, 0) is 9.53 Å². The summed E-state index contributed by atoms with van der Waals surface area (Å²) in [5.41, 5.74) is 1.06. The highest BCUT2D eigenvalue weighted by molar-refractivity contribution is 5.94. The predicted octanol–water partition coefficient (Wildman–Crippen LogP) is 2.86. The topological polar surface area (TPSA) is 67.4 Å². The molecule has 1 fully saturated rings. The number of hydrogen-bond acceptors (Lipinski definition) is 4. The van der Waals surface area contributed by atoms with Gasteiger partial charge in [-0.15, -0.1) is 12.4 Å². The molecule has 1 amide bonds. The highest BCUT2D eigenvalue weighted by Gasteiger charge is 2.22. The van der Waals surface area contributed by atoms with Crippen molar-refractivity contribution in [3.8, 4) is 0 Å². The Balaban J connectivity index is 0.00000264. The van der Waals surface area contributed by atoms with Crippen LogP contribution in [0.15, 0.2) is 24.3 Å². The number of nitrogens with one attached hydrogen (secondary N) is 2. The van der Waals surface area contributed by atoms with E-state index < -0.39 is 5.97 Å². The van der Waals surface area contributed by atoms with Crippen LogP contribution < -0.4 is 10.6 Å². The lowest BCUT2D eigenvalue weighted by Gasteiger charge is -2.28. The lowest BCUT2D eigenvalue weighted by atomic mass is 9.85. The summed E-state index contributed by atoms with van der Waals surface area (Å²) in [5.74, 6) is 0.482. The molecule has 6 heteroatoms. The number of benzene rings is 1. The van der Waals surface area contributed by atoms with E-state index in [0.29, 0.717) is 29.5 Å². The molecule has 1 saturated heterocycles. The van der Waals surface area contributed by atoms with Gasteiger partial charge in [0, 0.05) is 12.1 Å². The Morgan fingerprint density at radius 1 is 1.43 bits per heavy atom. The van der Waals surface area contributed by atoms with Crippen LogP contribution in [0.1, 0.15) is 36.5 Å². The zero-order valence-corrected chi connectivity index (χ0v) is 14.4. The Hall–Kier alpha value is -1.59. The number of rotatable bonds is 5. The Morgan fingerprint density at radius 3 is 2.87 bits per heavy atom. The van der Waals surface area contributed by atoms with Gasteiger partial charge in [0.15, 0.2) is 0 Å². The number of hydrogen-bond donors (Lipinski definition) is 2. The molecule has 2 N–H and O–H groups in total. The molecule has 1 aliphatic rings. The van der Waals surface area contributed by atoms with E-state index in [1.54, 1.807) is 24.3 Å². The number of ether oxygens (including phenoxy) is 1. The van der Waals surface area contributed by atoms with E-state index in [9.17, 15) is 9.59 Å². The Bertz CT molecular complexity index is 530. The van der Waals surface area contributed by atoms with Gasteiger partial charge in [-0.3, -0.25) is 4.79 Å². The van der Waals surface area contributed by atoms with Gasteiger partial charge in [0.2, 0.25) is 5.91 Å². The van der Waals surface area contributed by atoms with Crippen molar-refractivity contribution < 1.29 is 14.3 Å². The van der Waals surface area contributed by atoms with Gasteiger partial charge in [-0.2, -0.15) is 0 Å². The number of piperidine rings is 1. The van der Waals surface area contributed by atoms with Crippen LogP contribution in [0.3, 0.4) is 0 Å². The molecule has 23 heavy (non-hydrogen) atoms. The third-order valence-electron chi connectivity index (χ3n) is 4.21. The average Bonchev–Trinajstić information content (AvgIpc) is 2.55. The van der Waals surface area contributed by atoms with E-state index >= 15 is 0 Å². The van der Waals surface area contributed by atoms with E-state index in [4.69, 9.17) is 0 Å². The van der Waals surface area contributed by atoms with Gasteiger partial charge in [-0.05, 0) is 56.0 Å². The molecular weight excluding hydrogens is 316 g/mol. The van der Waals surface area contributed by atoms with Gasteiger partial charge >= 0.3 is 5.97 Å². The van der Waals surface area contributed by atoms with Gasteiger partial charge in [0.05, 0.1) is 12.7 Å². The summed E-state index contributed by atoms with van der Waals surface area (Å²) in [6.07, 6.45) is 2.85. The molecule has 2 rings (SSSR count). The van der Waals surface area contributed by atoms with Crippen LogP contribution in [0.5, 0.6) is 0 Å². The van der Waals surface area contributed by atoms with Crippen LogP contribution in [-0.4, -0.2) is 32.1 Å². The fourth-order valence-corrected chi connectivity index (χ4v) is 2.88. The monoisotopic (exact) mass is 340 g/mol. The third kappa shape index (κ3) is 5.84. The molecular formula is C17H25ClN2O3. The molecule has 0 radical (unpaired) electrons. The summed E-state index contributed by atoms with van der Waals surface area (Å²) < 4.78 is 4.68. The second kappa shape index (κ2) is 9.53. The summed E-state index contributed by atoms with van der Waals surface area (Å²) in [6.45, 7) is 4.20. The minimum atomic E-state index is -0.405. The van der Waals surface area contributed by atoms with Crippen molar-refractivity contribution in [1.82, 2.24) is 5.32 Å². The number of anilines is 1. The van der Waals surface area contributed by atoms with Crippen LogP contribution in [0, 0.1) is 11.8 Å². The third-order valence-corrected chi connectivity index (χ3v) is 4.21. The molecule has 0 saturated carbocycles. The van der Waals surface area contributed by atoms with Gasteiger partial charge in [0.25, 0.3) is 0 Å². The maximum absolute atomic E-state index is 12.2. The van der Waals surface area contributed by atoms with Crippen molar-refractivity contribution >= 4 is 30.0 Å². The van der Waals surface area contributed by atoms with Crippen molar-refractivity contribution in [1.29, 1.82) is 0 Å². The zero-order chi connectivity index (χ0) is 15.9. The first kappa shape index (κ1) is 19.5. The maximum Gasteiger partial charge on any atom is 0.337 e. The molecule has 1 heterocycles. The van der Waals surface area contributed by atoms with E-state index in [-0.39, 0.29) is 18.3 Å². The predicted molar refractivity (Wildman–Crippen MR) is 93.0 cm³/mol. The molecule has 0 aromatic heterocycles. The lowest BCUT2D eigenvalue weighted by molar-refractivity contribution is -0.117. The van der Waals surface area contributed by atoms with Gasteiger partial charge in [0.1, 0.15) is 0 Å². The average molecular weight is 341 g/mol. The van der Waals surface area contributed by atoms with Crippen molar-refractivity contribution in [2.24, 2.45) is 11.8 Å². The van der Waals surface area contributed by atoms with Gasteiger partial charge in [-0.25, -0.2) is 4.79 Å². The summed E-state index contributed by atoms with van der Waals surface area (Å²) in [4.78, 5) is 23.7. The minimum Gasteiger partial charge on any atom is -0.465 e. The van der Waals surface area contributed by atoms with Crippen LogP contribution >= 0.6 is 12.4 Å². The molecule has 0 bridgehead atoms. The smallest absolute Gasteiger partial charge is 0.337 e. The highest BCUT2D eigenvalue weighted by atomic mass is 35.5. The lowest BCUT2D eigenvalue weighted by Crippen LogP contribution is -2.34. The first-order valence-electron chi connectivity index (χ1n) is 7.79. The maximum atomic E-state index is 12.2. The van der Waals surface area contributed by atoms with Crippen molar-refractivity contribution in [2.45, 2.75) is 26.2 Å². The molecule has 1 aromatic rings. The Labute approximate surface area is 143 Å². The number of carbonyl (C=O) groups excluding carboxylic acids is 2. The summed E-state index contributed by atoms with van der Waals surface area (Å²) in [6, 6.07) is 6.81. The molecule has 1 aromatic carbocycles. The van der Waals surface area contributed by atoms with Gasteiger partial charge in [-0.1, -0.05) is 13.0 Å². The highest BCUT2D eigenvalue weighted by Crippen LogP contribution is 2.23. The standard InChI is InChI=1S/C17H24N2O3.ClH/c1-12(14-6-4-8-18-11-14)9-16(20)19-15-7-3-5-13(10-15)17(21)22-2;/h3,5,7,10,12,14,18H,4,6,8-9,11H2,1-2H3,(H,19,20);1H. The van der Waals surface area contributed by atoms with Crippen molar-refractivity contribution in [3.05, 3.63) is 29.8 Å². The van der Waals surface area contributed by atoms with Crippen LogP contribution in [0.25, 0.3) is 0 Å². The van der Waals surface area contributed by atoms with Crippen molar-refractivity contribution in [3.63, 3.8) is 0 Å². The largest absolute Gasteiger partial charge is 0.465 e. The van der Waals surface area contributed by atoms with Crippen molar-refractivity contribution in [2.75, 3.05) is 25.5 Å². The summed E-state index contributed by atoms with van der Waals surface area (Å²) >= 11 is 0. The fraction of sp³-hybridized carbons (Fsp3) is 0.529. The second-order valence-electron chi connectivity index (χ2n) is 5.91.